The Kier molecular flexibility index (Phi) is 7.51. The van der Waals surface area contributed by atoms with Crippen molar-refractivity contribution in [2.45, 2.75) is 42.9 Å². The molecule has 1 amide bonds. The van der Waals surface area contributed by atoms with Crippen molar-refractivity contribution in [3.8, 4) is 5.75 Å². The predicted molar refractivity (Wildman–Crippen MR) is 119 cm³/mol. The summed E-state index contributed by atoms with van der Waals surface area (Å²) in [5.41, 5.74) is 0.973. The van der Waals surface area contributed by atoms with Crippen molar-refractivity contribution in [1.82, 2.24) is 4.90 Å². The van der Waals surface area contributed by atoms with Gasteiger partial charge in [0, 0.05) is 13.5 Å². The third-order valence-electron chi connectivity index (χ3n) is 4.16. The van der Waals surface area contributed by atoms with Crippen molar-refractivity contribution in [3.05, 3.63) is 65.7 Å². The molecule has 1 atom stereocenters. The van der Waals surface area contributed by atoms with Gasteiger partial charge in [-0.1, -0.05) is 48.5 Å². The minimum Gasteiger partial charge on any atom is -0.489 e. The van der Waals surface area contributed by atoms with Crippen LogP contribution in [0.5, 0.6) is 5.75 Å². The number of hydrogen-bond donors (Lipinski definition) is 1. The molecule has 0 saturated heterocycles. The molecule has 0 radical (unpaired) electrons. The topological polar surface area (TPSA) is 76.1 Å². The second kappa shape index (κ2) is 9.47. The lowest BCUT2D eigenvalue weighted by Gasteiger charge is -2.35. The second-order valence-electron chi connectivity index (χ2n) is 7.66. The SMILES string of the molecule is CN(C(=O)OC(C)(C)C)[C@@](I)(Cc1ccccc1OCc1ccccc1)C(=O)O. The van der Waals surface area contributed by atoms with E-state index < -0.39 is 21.2 Å². The molecular weight excluding hydrogens is 485 g/mol. The lowest BCUT2D eigenvalue weighted by molar-refractivity contribution is -0.143. The van der Waals surface area contributed by atoms with Crippen LogP contribution >= 0.6 is 22.6 Å². The number of para-hydroxylation sites is 1. The van der Waals surface area contributed by atoms with Crippen LogP contribution in [0.15, 0.2) is 54.6 Å². The summed E-state index contributed by atoms with van der Waals surface area (Å²) in [6, 6.07) is 17.0. The van der Waals surface area contributed by atoms with Gasteiger partial charge >= 0.3 is 12.1 Å². The second-order valence-corrected chi connectivity index (χ2v) is 9.45. The van der Waals surface area contributed by atoms with Crippen LogP contribution in [0.2, 0.25) is 0 Å². The number of carboxylic acids is 1. The molecular formula is C22H26INO5. The molecule has 0 aliphatic carbocycles. The van der Waals surface area contributed by atoms with Gasteiger partial charge in [-0.2, -0.15) is 0 Å². The molecule has 1 N–H and O–H groups in total. The van der Waals surface area contributed by atoms with Crippen LogP contribution in [0.4, 0.5) is 4.79 Å². The molecule has 2 rings (SSSR count). The molecule has 156 valence electrons. The fourth-order valence-electron chi connectivity index (χ4n) is 2.59. The minimum atomic E-state index is -1.54. The van der Waals surface area contributed by atoms with Crippen molar-refractivity contribution >= 4 is 34.7 Å². The van der Waals surface area contributed by atoms with E-state index in [9.17, 15) is 14.7 Å². The predicted octanol–water partition coefficient (Wildman–Crippen LogP) is 4.89. The largest absolute Gasteiger partial charge is 0.489 e. The Labute approximate surface area is 185 Å². The summed E-state index contributed by atoms with van der Waals surface area (Å²) in [5.74, 6) is -0.555. The average molecular weight is 511 g/mol. The Morgan fingerprint density at radius 2 is 1.62 bits per heavy atom. The number of halogens is 1. The maximum atomic E-state index is 12.5. The van der Waals surface area contributed by atoms with Crippen molar-refractivity contribution in [2.24, 2.45) is 0 Å². The number of hydrogen-bond acceptors (Lipinski definition) is 4. The van der Waals surface area contributed by atoms with Gasteiger partial charge < -0.3 is 14.6 Å². The highest BCUT2D eigenvalue weighted by Crippen LogP contribution is 2.33. The van der Waals surface area contributed by atoms with E-state index in [4.69, 9.17) is 9.47 Å². The van der Waals surface area contributed by atoms with Gasteiger partial charge in [0.2, 0.25) is 0 Å². The average Bonchev–Trinajstić information content (AvgIpc) is 2.66. The van der Waals surface area contributed by atoms with Gasteiger partial charge in [-0.25, -0.2) is 9.59 Å². The standard InChI is InChI=1S/C22H26INO5/c1-21(2,3)29-20(27)24(4)22(23,19(25)26)14-17-12-8-9-13-18(17)28-15-16-10-6-5-7-11-16/h5-13H,14-15H2,1-4H3,(H,25,26)/t22-/m0/s1. The minimum absolute atomic E-state index is 0.0591. The molecule has 0 spiro atoms. The Hall–Kier alpha value is -2.29. The smallest absolute Gasteiger partial charge is 0.411 e. The summed E-state index contributed by atoms with van der Waals surface area (Å²) in [7, 11) is 1.43. The van der Waals surface area contributed by atoms with Gasteiger partial charge in [0.25, 0.3) is 0 Å². The van der Waals surface area contributed by atoms with Gasteiger partial charge in [0.05, 0.1) is 0 Å². The fraction of sp³-hybridized carbons (Fsp3) is 0.364. The van der Waals surface area contributed by atoms with E-state index in [1.54, 1.807) is 55.5 Å². The lowest BCUT2D eigenvalue weighted by Crippen LogP contribution is -2.53. The maximum absolute atomic E-state index is 12.5. The highest BCUT2D eigenvalue weighted by molar-refractivity contribution is 14.1. The third kappa shape index (κ3) is 6.35. The molecule has 2 aromatic carbocycles. The number of ether oxygens (including phenoxy) is 2. The van der Waals surface area contributed by atoms with Gasteiger partial charge in [-0.15, -0.1) is 0 Å². The number of rotatable bonds is 7. The monoisotopic (exact) mass is 511 g/mol. The molecule has 2 aromatic rings. The number of alkyl halides is 1. The first kappa shape index (κ1) is 23.0. The number of nitrogens with zero attached hydrogens (tertiary/aromatic N) is 1. The van der Waals surface area contributed by atoms with Crippen molar-refractivity contribution < 1.29 is 24.2 Å². The summed E-state index contributed by atoms with van der Waals surface area (Å²) in [4.78, 5) is 25.8. The zero-order valence-electron chi connectivity index (χ0n) is 17.0. The van der Waals surface area contributed by atoms with E-state index >= 15 is 0 Å². The van der Waals surface area contributed by atoms with Crippen molar-refractivity contribution in [1.29, 1.82) is 0 Å². The van der Waals surface area contributed by atoms with E-state index in [1.807, 2.05) is 42.5 Å². The first-order valence-corrected chi connectivity index (χ1v) is 10.2. The Morgan fingerprint density at radius 3 is 2.21 bits per heavy atom. The van der Waals surface area contributed by atoms with Gasteiger partial charge in [-0.05, 0) is 60.6 Å². The third-order valence-corrected chi connectivity index (χ3v) is 5.73. The molecule has 6 nitrogen and oxygen atoms in total. The first-order valence-electron chi connectivity index (χ1n) is 9.17. The summed E-state index contributed by atoms with van der Waals surface area (Å²) >= 11 is 1.79. The molecule has 0 saturated carbocycles. The summed E-state index contributed by atoms with van der Waals surface area (Å²) in [5, 5.41) is 9.91. The number of carbonyl (C=O) groups excluding carboxylic acids is 1. The van der Waals surface area contributed by atoms with Crippen molar-refractivity contribution in [3.63, 3.8) is 0 Å². The highest BCUT2D eigenvalue weighted by Gasteiger charge is 2.44. The van der Waals surface area contributed by atoms with Crippen LogP contribution in [-0.4, -0.2) is 38.3 Å². The zero-order chi connectivity index (χ0) is 21.7. The maximum Gasteiger partial charge on any atom is 0.411 e. The Morgan fingerprint density at radius 1 is 1.03 bits per heavy atom. The van der Waals surface area contributed by atoms with E-state index in [0.717, 1.165) is 10.5 Å². The van der Waals surface area contributed by atoms with E-state index in [-0.39, 0.29) is 6.42 Å². The Bertz CT molecular complexity index is 850. The molecule has 0 aliphatic rings. The van der Waals surface area contributed by atoms with Gasteiger partial charge in [0.1, 0.15) is 18.0 Å². The number of carboxylic acid groups (broad SMARTS) is 1. The fourth-order valence-corrected chi connectivity index (χ4v) is 3.20. The number of carbonyl (C=O) groups is 2. The summed E-state index contributed by atoms with van der Waals surface area (Å²) in [6.07, 6.45) is -0.638. The molecule has 29 heavy (non-hydrogen) atoms. The molecule has 0 fully saturated rings. The van der Waals surface area contributed by atoms with E-state index in [1.165, 1.54) is 7.05 Å². The van der Waals surface area contributed by atoms with Gasteiger partial charge in [0.15, 0.2) is 3.55 Å². The van der Waals surface area contributed by atoms with Crippen LogP contribution in [0.25, 0.3) is 0 Å². The van der Waals surface area contributed by atoms with Crippen LogP contribution in [0.3, 0.4) is 0 Å². The number of benzene rings is 2. The molecule has 0 bridgehead atoms. The van der Waals surface area contributed by atoms with E-state index in [2.05, 4.69) is 0 Å². The van der Waals surface area contributed by atoms with Crippen LogP contribution in [0.1, 0.15) is 31.9 Å². The lowest BCUT2D eigenvalue weighted by atomic mass is 10.0. The number of amides is 1. The zero-order valence-corrected chi connectivity index (χ0v) is 19.2. The van der Waals surface area contributed by atoms with Gasteiger partial charge in [-0.3, -0.25) is 4.90 Å². The molecule has 7 heteroatoms. The Balaban J connectivity index is 2.24. The van der Waals surface area contributed by atoms with Crippen LogP contribution in [0, 0.1) is 0 Å². The summed E-state index contributed by atoms with van der Waals surface area (Å²) in [6.45, 7) is 5.57. The molecule has 0 aliphatic heterocycles. The van der Waals surface area contributed by atoms with Crippen LogP contribution < -0.4 is 4.74 Å². The molecule has 0 aromatic heterocycles. The summed E-state index contributed by atoms with van der Waals surface area (Å²) < 4.78 is 9.76. The normalized spacial score (nSPS) is 13.3. The van der Waals surface area contributed by atoms with E-state index in [0.29, 0.717) is 17.9 Å². The molecule has 0 heterocycles. The van der Waals surface area contributed by atoms with Crippen LogP contribution in [-0.2, 0) is 22.6 Å². The molecule has 0 unspecified atom stereocenters. The number of likely N-dealkylation sites (N-methyl/N-ethyl adjacent to an activating group) is 1. The first-order chi connectivity index (χ1) is 13.5. The van der Waals surface area contributed by atoms with Crippen molar-refractivity contribution in [2.75, 3.05) is 7.05 Å². The highest BCUT2D eigenvalue weighted by atomic mass is 127. The number of aliphatic carboxylic acids is 1. The quantitative estimate of drug-likeness (QED) is 0.326.